The number of halogens is 2. The van der Waals surface area contributed by atoms with Crippen LogP contribution in [0.2, 0.25) is 10.0 Å². The second-order valence-electron chi connectivity index (χ2n) is 4.64. The van der Waals surface area contributed by atoms with Crippen LogP contribution in [0.4, 0.5) is 10.5 Å². The molecule has 0 aliphatic carbocycles. The Morgan fingerprint density at radius 1 is 1.30 bits per heavy atom. The Labute approximate surface area is 127 Å². The Balaban J connectivity index is 2.58. The van der Waals surface area contributed by atoms with E-state index in [2.05, 4.69) is 21.3 Å². The zero-order chi connectivity index (χ0) is 15.3. The van der Waals surface area contributed by atoms with Gasteiger partial charge >= 0.3 is 6.03 Å². The van der Waals surface area contributed by atoms with Crippen LogP contribution in [0.15, 0.2) is 23.4 Å². The van der Waals surface area contributed by atoms with Crippen molar-refractivity contribution in [2.45, 2.75) is 26.3 Å². The van der Waals surface area contributed by atoms with E-state index in [1.54, 1.807) is 32.9 Å². The number of hydrogen-bond acceptors (Lipinski definition) is 4. The molecule has 6 nitrogen and oxygen atoms in total. The molecule has 110 valence electrons. The minimum Gasteiger partial charge on any atom is -0.411 e. The van der Waals surface area contributed by atoms with Gasteiger partial charge in [0.15, 0.2) is 0 Å². The maximum Gasteiger partial charge on any atom is 0.333 e. The Morgan fingerprint density at radius 3 is 2.50 bits per heavy atom. The fraction of sp³-hybridized carbons (Fsp3) is 0.333. The van der Waals surface area contributed by atoms with Gasteiger partial charge in [-0.3, -0.25) is 5.43 Å². The molecule has 0 unspecified atom stereocenters. The first kappa shape index (κ1) is 16.6. The Morgan fingerprint density at radius 2 is 1.95 bits per heavy atom. The summed E-state index contributed by atoms with van der Waals surface area (Å²) >= 11 is 11.6. The molecule has 0 bridgehead atoms. The fourth-order valence-corrected chi connectivity index (χ4v) is 1.46. The highest BCUT2D eigenvalue weighted by Gasteiger charge is 2.22. The van der Waals surface area contributed by atoms with Crippen molar-refractivity contribution in [3.63, 3.8) is 0 Å². The molecule has 20 heavy (non-hydrogen) atoms. The van der Waals surface area contributed by atoms with Gasteiger partial charge in [-0.1, -0.05) is 28.4 Å². The lowest BCUT2D eigenvalue weighted by molar-refractivity contribution is 0.243. The first-order valence-electron chi connectivity index (χ1n) is 5.74. The molecule has 8 heteroatoms. The monoisotopic (exact) mass is 318 g/mol. The summed E-state index contributed by atoms with van der Waals surface area (Å²) in [6.07, 6.45) is 0. The van der Waals surface area contributed by atoms with Gasteiger partial charge in [-0.05, 0) is 39.0 Å². The zero-order valence-electron chi connectivity index (χ0n) is 11.3. The van der Waals surface area contributed by atoms with E-state index in [1.165, 1.54) is 6.07 Å². The molecule has 2 amide bonds. The number of oxime groups is 1. The van der Waals surface area contributed by atoms with E-state index >= 15 is 0 Å². The molecule has 0 aliphatic rings. The van der Waals surface area contributed by atoms with E-state index in [-0.39, 0.29) is 0 Å². The van der Waals surface area contributed by atoms with Crippen LogP contribution in [0.3, 0.4) is 0 Å². The summed E-state index contributed by atoms with van der Waals surface area (Å²) in [7, 11) is 0. The van der Waals surface area contributed by atoms with E-state index < -0.39 is 11.6 Å². The molecule has 0 heterocycles. The first-order chi connectivity index (χ1) is 9.26. The van der Waals surface area contributed by atoms with Gasteiger partial charge in [0.1, 0.15) is 0 Å². The molecule has 0 spiro atoms. The van der Waals surface area contributed by atoms with Crippen molar-refractivity contribution in [2.24, 2.45) is 5.16 Å². The van der Waals surface area contributed by atoms with Gasteiger partial charge in [-0.25, -0.2) is 10.2 Å². The van der Waals surface area contributed by atoms with Crippen LogP contribution in [0.25, 0.3) is 0 Å². The topological polar surface area (TPSA) is 85.8 Å². The predicted octanol–water partition coefficient (Wildman–Crippen LogP) is 3.25. The van der Waals surface area contributed by atoms with Gasteiger partial charge in [0.05, 0.1) is 21.3 Å². The SMILES string of the molecule is CC(=NO)C(C)(C)NNC(=O)Nc1ccc(Cl)c(Cl)c1. The van der Waals surface area contributed by atoms with Gasteiger partial charge < -0.3 is 10.5 Å². The molecule has 0 fully saturated rings. The quantitative estimate of drug-likeness (QED) is 0.390. The molecule has 0 aliphatic heterocycles. The number of rotatable bonds is 4. The molecule has 1 rings (SSSR count). The van der Waals surface area contributed by atoms with Crippen LogP contribution in [0.5, 0.6) is 0 Å². The third-order valence-corrected chi connectivity index (χ3v) is 3.46. The van der Waals surface area contributed by atoms with E-state index in [1.807, 2.05) is 0 Å². The van der Waals surface area contributed by atoms with Crippen LogP contribution in [0.1, 0.15) is 20.8 Å². The zero-order valence-corrected chi connectivity index (χ0v) is 12.8. The smallest absolute Gasteiger partial charge is 0.333 e. The number of carbonyl (C=O) groups is 1. The number of anilines is 1. The Bertz CT molecular complexity index is 532. The number of benzene rings is 1. The summed E-state index contributed by atoms with van der Waals surface area (Å²) in [5.41, 5.74) is 5.43. The normalized spacial score (nSPS) is 12.2. The minimum atomic E-state index is -0.691. The molecular weight excluding hydrogens is 303 g/mol. The summed E-state index contributed by atoms with van der Waals surface area (Å²) in [6.45, 7) is 5.13. The van der Waals surface area contributed by atoms with Gasteiger partial charge in [-0.15, -0.1) is 0 Å². The van der Waals surface area contributed by atoms with Crippen molar-refractivity contribution in [2.75, 3.05) is 5.32 Å². The lowest BCUT2D eigenvalue weighted by Gasteiger charge is -2.25. The number of urea groups is 1. The molecule has 1 aromatic rings. The molecule has 0 radical (unpaired) electrons. The van der Waals surface area contributed by atoms with Gasteiger partial charge in [0, 0.05) is 5.69 Å². The Kier molecular flexibility index (Phi) is 5.62. The number of nitrogens with one attached hydrogen (secondary N) is 3. The molecule has 0 saturated carbocycles. The third kappa shape index (κ3) is 4.56. The van der Waals surface area contributed by atoms with Crippen molar-refractivity contribution in [3.8, 4) is 0 Å². The van der Waals surface area contributed by atoms with E-state index in [0.29, 0.717) is 21.4 Å². The van der Waals surface area contributed by atoms with Crippen LogP contribution < -0.4 is 16.2 Å². The lowest BCUT2D eigenvalue weighted by Crippen LogP contribution is -2.55. The highest BCUT2D eigenvalue weighted by Crippen LogP contribution is 2.24. The number of hydrazine groups is 1. The minimum absolute atomic E-state index is 0.348. The van der Waals surface area contributed by atoms with Crippen molar-refractivity contribution in [1.29, 1.82) is 0 Å². The van der Waals surface area contributed by atoms with Crippen LogP contribution in [-0.2, 0) is 0 Å². The third-order valence-electron chi connectivity index (χ3n) is 2.72. The summed E-state index contributed by atoms with van der Waals surface area (Å²) in [6, 6.07) is 4.26. The lowest BCUT2D eigenvalue weighted by atomic mass is 10.0. The highest BCUT2D eigenvalue weighted by molar-refractivity contribution is 6.42. The Hall–Kier alpha value is -1.50. The molecule has 0 saturated heterocycles. The van der Waals surface area contributed by atoms with Gasteiger partial charge in [-0.2, -0.15) is 0 Å². The summed E-state index contributed by atoms with van der Waals surface area (Å²) < 4.78 is 0. The van der Waals surface area contributed by atoms with Crippen molar-refractivity contribution >= 4 is 40.6 Å². The molecule has 0 aromatic heterocycles. The van der Waals surface area contributed by atoms with Crippen LogP contribution in [0, 0.1) is 0 Å². The fourth-order valence-electron chi connectivity index (χ4n) is 1.16. The van der Waals surface area contributed by atoms with Crippen molar-refractivity contribution < 1.29 is 10.0 Å². The van der Waals surface area contributed by atoms with E-state index in [0.717, 1.165) is 0 Å². The first-order valence-corrected chi connectivity index (χ1v) is 6.50. The standard InChI is InChI=1S/C12H16Cl2N4O2/c1-7(17-20)12(2,3)18-16-11(19)15-8-4-5-9(13)10(14)6-8/h4-6,18,20H,1-3H3,(H2,15,16,19). The number of nitrogens with zero attached hydrogens (tertiary/aromatic N) is 1. The van der Waals surface area contributed by atoms with Gasteiger partial charge in [0.2, 0.25) is 0 Å². The summed E-state index contributed by atoms with van der Waals surface area (Å²) in [5, 5.41) is 15.2. The van der Waals surface area contributed by atoms with Crippen molar-refractivity contribution in [1.82, 2.24) is 10.9 Å². The van der Waals surface area contributed by atoms with E-state index in [9.17, 15) is 4.79 Å². The average molecular weight is 319 g/mol. The summed E-state index contributed by atoms with van der Waals surface area (Å²) in [5.74, 6) is 0. The highest BCUT2D eigenvalue weighted by atomic mass is 35.5. The van der Waals surface area contributed by atoms with Crippen molar-refractivity contribution in [3.05, 3.63) is 28.2 Å². The van der Waals surface area contributed by atoms with Crippen LogP contribution in [-0.4, -0.2) is 22.5 Å². The number of hydrogen-bond donors (Lipinski definition) is 4. The number of amides is 2. The predicted molar refractivity (Wildman–Crippen MR) is 80.7 cm³/mol. The van der Waals surface area contributed by atoms with Crippen LogP contribution >= 0.6 is 23.2 Å². The van der Waals surface area contributed by atoms with Gasteiger partial charge in [0.25, 0.3) is 0 Å². The average Bonchev–Trinajstić information content (AvgIpc) is 2.40. The largest absolute Gasteiger partial charge is 0.411 e. The maximum absolute atomic E-state index is 11.7. The molecule has 4 N–H and O–H groups in total. The second kappa shape index (κ2) is 6.78. The van der Waals surface area contributed by atoms with E-state index in [4.69, 9.17) is 28.4 Å². The molecule has 0 atom stereocenters. The molecule has 1 aromatic carbocycles. The maximum atomic E-state index is 11.7. The molecular formula is C12H16Cl2N4O2. The second-order valence-corrected chi connectivity index (χ2v) is 5.46. The summed E-state index contributed by atoms with van der Waals surface area (Å²) in [4.78, 5) is 11.7. The number of carbonyl (C=O) groups excluding carboxylic acids is 1.